The van der Waals surface area contributed by atoms with Gasteiger partial charge in [-0.05, 0) is 55.3 Å². The summed E-state index contributed by atoms with van der Waals surface area (Å²) in [6.45, 7) is 2.20. The van der Waals surface area contributed by atoms with Crippen LogP contribution in [0.25, 0.3) is 0 Å². The summed E-state index contributed by atoms with van der Waals surface area (Å²) in [5.74, 6) is -0.0113. The number of rotatable bonds is 3. The lowest BCUT2D eigenvalue weighted by Gasteiger charge is -2.22. The molecule has 1 saturated heterocycles. The van der Waals surface area contributed by atoms with Crippen LogP contribution in [0.2, 0.25) is 0 Å². The fourth-order valence-electron chi connectivity index (χ4n) is 3.70. The number of carbonyl (C=O) groups is 1. The molecule has 0 aromatic heterocycles. The molecule has 1 aliphatic carbocycles. The largest absolute Gasteiger partial charge is 0.349 e. The van der Waals surface area contributed by atoms with E-state index < -0.39 is 0 Å². The summed E-state index contributed by atoms with van der Waals surface area (Å²) in [6.07, 6.45) is 4.95. The van der Waals surface area contributed by atoms with Crippen molar-refractivity contribution >= 4 is 5.91 Å². The van der Waals surface area contributed by atoms with E-state index in [0.717, 1.165) is 31.5 Å². The molecule has 1 heterocycles. The number of amides is 1. The smallest absolute Gasteiger partial charge is 0.251 e. The van der Waals surface area contributed by atoms with Crippen LogP contribution < -0.4 is 10.6 Å². The molecule has 2 unspecified atom stereocenters. The second-order valence-electron chi connectivity index (χ2n) is 6.38. The minimum absolute atomic E-state index is 0.0113. The highest BCUT2D eigenvalue weighted by Crippen LogP contribution is 2.42. The van der Waals surface area contributed by atoms with Gasteiger partial charge in [0.25, 0.3) is 5.91 Å². The molecular formula is C17H21N3O. The standard InChI is InChI=1S/C17H21N3O/c18-8-5-13-2-1-3-14(10-13)16(21)20-15-4-6-17(11-15)7-9-19-12-17/h1-3,10,15,19H,4-7,9,11-12H2,(H,20,21). The Morgan fingerprint density at radius 2 is 2.38 bits per heavy atom. The molecule has 4 nitrogen and oxygen atoms in total. The number of benzene rings is 1. The zero-order valence-corrected chi connectivity index (χ0v) is 12.2. The van der Waals surface area contributed by atoms with Crippen molar-refractivity contribution < 1.29 is 4.79 Å². The predicted octanol–water partition coefficient (Wildman–Crippen LogP) is 2.01. The van der Waals surface area contributed by atoms with Crippen LogP contribution >= 0.6 is 0 Å². The minimum atomic E-state index is -0.0113. The van der Waals surface area contributed by atoms with Gasteiger partial charge in [0.05, 0.1) is 12.5 Å². The number of nitrogens with one attached hydrogen (secondary N) is 2. The number of hydrogen-bond donors (Lipinski definition) is 2. The van der Waals surface area contributed by atoms with Crippen molar-refractivity contribution in [2.75, 3.05) is 13.1 Å². The molecule has 0 bridgehead atoms. The van der Waals surface area contributed by atoms with E-state index in [9.17, 15) is 4.79 Å². The first kappa shape index (κ1) is 14.1. The van der Waals surface area contributed by atoms with E-state index in [0.29, 0.717) is 17.4 Å². The lowest BCUT2D eigenvalue weighted by molar-refractivity contribution is 0.0935. The van der Waals surface area contributed by atoms with Crippen molar-refractivity contribution in [2.24, 2.45) is 5.41 Å². The number of nitrogens with zero attached hydrogens (tertiary/aromatic N) is 1. The fourth-order valence-corrected chi connectivity index (χ4v) is 3.70. The van der Waals surface area contributed by atoms with E-state index in [2.05, 4.69) is 16.7 Å². The molecule has 1 saturated carbocycles. The average molecular weight is 283 g/mol. The van der Waals surface area contributed by atoms with Gasteiger partial charge in [-0.2, -0.15) is 5.26 Å². The number of nitriles is 1. The Balaban J connectivity index is 1.62. The van der Waals surface area contributed by atoms with Gasteiger partial charge < -0.3 is 10.6 Å². The van der Waals surface area contributed by atoms with Crippen LogP contribution in [0.15, 0.2) is 24.3 Å². The molecule has 1 aromatic carbocycles. The Morgan fingerprint density at radius 1 is 1.48 bits per heavy atom. The molecule has 2 N–H and O–H groups in total. The van der Waals surface area contributed by atoms with E-state index in [1.807, 2.05) is 24.3 Å². The van der Waals surface area contributed by atoms with Crippen molar-refractivity contribution in [1.82, 2.24) is 10.6 Å². The molecule has 110 valence electrons. The van der Waals surface area contributed by atoms with Crippen LogP contribution in [0.3, 0.4) is 0 Å². The summed E-state index contributed by atoms with van der Waals surface area (Å²) >= 11 is 0. The van der Waals surface area contributed by atoms with Gasteiger partial charge in [0.15, 0.2) is 0 Å². The maximum Gasteiger partial charge on any atom is 0.251 e. The lowest BCUT2D eigenvalue weighted by Crippen LogP contribution is -2.34. The topological polar surface area (TPSA) is 64.9 Å². The molecule has 3 rings (SSSR count). The second-order valence-corrected chi connectivity index (χ2v) is 6.38. The summed E-state index contributed by atoms with van der Waals surface area (Å²) in [5.41, 5.74) is 1.97. The average Bonchev–Trinajstić information content (AvgIpc) is 3.10. The van der Waals surface area contributed by atoms with Crippen LogP contribution in [0, 0.1) is 16.7 Å². The van der Waals surface area contributed by atoms with Crippen molar-refractivity contribution in [2.45, 2.75) is 38.1 Å². The minimum Gasteiger partial charge on any atom is -0.349 e. The third kappa shape index (κ3) is 3.08. The van der Waals surface area contributed by atoms with Gasteiger partial charge in [0, 0.05) is 18.2 Å². The number of hydrogen-bond acceptors (Lipinski definition) is 3. The van der Waals surface area contributed by atoms with Crippen molar-refractivity contribution in [1.29, 1.82) is 5.26 Å². The summed E-state index contributed by atoms with van der Waals surface area (Å²) in [5, 5.41) is 15.3. The van der Waals surface area contributed by atoms with E-state index in [-0.39, 0.29) is 11.9 Å². The highest BCUT2D eigenvalue weighted by Gasteiger charge is 2.41. The third-order valence-corrected chi connectivity index (χ3v) is 4.84. The van der Waals surface area contributed by atoms with Gasteiger partial charge in [-0.1, -0.05) is 12.1 Å². The first-order valence-corrected chi connectivity index (χ1v) is 7.68. The monoisotopic (exact) mass is 283 g/mol. The fraction of sp³-hybridized carbons (Fsp3) is 0.529. The van der Waals surface area contributed by atoms with E-state index in [1.54, 1.807) is 0 Å². The first-order valence-electron chi connectivity index (χ1n) is 7.68. The van der Waals surface area contributed by atoms with E-state index in [4.69, 9.17) is 5.26 Å². The van der Waals surface area contributed by atoms with Crippen LogP contribution in [-0.4, -0.2) is 25.0 Å². The maximum absolute atomic E-state index is 12.4. The zero-order valence-electron chi connectivity index (χ0n) is 12.2. The molecule has 21 heavy (non-hydrogen) atoms. The Morgan fingerprint density at radius 3 is 3.14 bits per heavy atom. The molecule has 1 aromatic rings. The van der Waals surface area contributed by atoms with Crippen LogP contribution in [-0.2, 0) is 6.42 Å². The summed E-state index contributed by atoms with van der Waals surface area (Å²) in [6, 6.07) is 9.77. The quantitative estimate of drug-likeness (QED) is 0.892. The molecule has 4 heteroatoms. The van der Waals surface area contributed by atoms with Gasteiger partial charge in [-0.3, -0.25) is 4.79 Å². The Labute approximate surface area is 125 Å². The molecule has 0 radical (unpaired) electrons. The Bertz CT molecular complexity index is 570. The second kappa shape index (κ2) is 5.87. The van der Waals surface area contributed by atoms with Gasteiger partial charge in [-0.25, -0.2) is 0 Å². The summed E-state index contributed by atoms with van der Waals surface area (Å²) in [7, 11) is 0. The Kier molecular flexibility index (Phi) is 3.94. The van der Waals surface area contributed by atoms with Crippen molar-refractivity contribution in [3.63, 3.8) is 0 Å². The van der Waals surface area contributed by atoms with Crippen molar-refractivity contribution in [3.8, 4) is 6.07 Å². The van der Waals surface area contributed by atoms with Crippen LogP contribution in [0.5, 0.6) is 0 Å². The van der Waals surface area contributed by atoms with Gasteiger partial charge in [0.1, 0.15) is 0 Å². The Hall–Kier alpha value is -1.86. The van der Waals surface area contributed by atoms with Gasteiger partial charge in [0.2, 0.25) is 0 Å². The lowest BCUT2D eigenvalue weighted by atomic mass is 9.85. The highest BCUT2D eigenvalue weighted by atomic mass is 16.1. The predicted molar refractivity (Wildman–Crippen MR) is 80.8 cm³/mol. The summed E-state index contributed by atoms with van der Waals surface area (Å²) in [4.78, 5) is 12.4. The van der Waals surface area contributed by atoms with E-state index in [1.165, 1.54) is 12.8 Å². The molecule has 1 aliphatic heterocycles. The third-order valence-electron chi connectivity index (χ3n) is 4.84. The molecule has 1 amide bonds. The van der Waals surface area contributed by atoms with Crippen LogP contribution in [0.4, 0.5) is 0 Å². The van der Waals surface area contributed by atoms with Gasteiger partial charge in [-0.15, -0.1) is 0 Å². The summed E-state index contributed by atoms with van der Waals surface area (Å²) < 4.78 is 0. The maximum atomic E-state index is 12.4. The highest BCUT2D eigenvalue weighted by molar-refractivity contribution is 5.94. The SMILES string of the molecule is N#CCc1cccc(C(=O)NC2CCC3(CCNC3)C2)c1. The molecule has 2 aliphatic rings. The number of carbonyl (C=O) groups excluding carboxylic acids is 1. The normalized spacial score (nSPS) is 27.7. The molecule has 2 atom stereocenters. The zero-order chi connectivity index (χ0) is 14.7. The first-order chi connectivity index (χ1) is 10.2. The van der Waals surface area contributed by atoms with Crippen molar-refractivity contribution in [3.05, 3.63) is 35.4 Å². The van der Waals surface area contributed by atoms with Crippen LogP contribution in [0.1, 0.15) is 41.6 Å². The van der Waals surface area contributed by atoms with Gasteiger partial charge >= 0.3 is 0 Å². The van der Waals surface area contributed by atoms with E-state index >= 15 is 0 Å². The molecule has 1 spiro atoms. The molecular weight excluding hydrogens is 262 g/mol. The molecule has 2 fully saturated rings.